The van der Waals surface area contributed by atoms with Crippen molar-refractivity contribution in [3.05, 3.63) is 16.8 Å². The Morgan fingerprint density at radius 3 is 2.93 bits per heavy atom. The van der Waals surface area contributed by atoms with Crippen LogP contribution in [-0.4, -0.2) is 39.1 Å². The predicted molar refractivity (Wildman–Crippen MR) is 114 cm³/mol. The summed E-state index contributed by atoms with van der Waals surface area (Å²) in [7, 11) is 1.79. The zero-order chi connectivity index (χ0) is 19.7. The molecule has 2 aliphatic carbocycles. The van der Waals surface area contributed by atoms with E-state index >= 15 is 0 Å². The van der Waals surface area contributed by atoms with Gasteiger partial charge in [-0.3, -0.25) is 4.79 Å². The summed E-state index contributed by atoms with van der Waals surface area (Å²) in [6, 6.07) is 2.44. The van der Waals surface area contributed by atoms with E-state index in [0.29, 0.717) is 5.75 Å². The lowest BCUT2D eigenvalue weighted by atomic mass is 9.81. The maximum atomic E-state index is 12.9. The summed E-state index contributed by atoms with van der Waals surface area (Å²) in [5.74, 6) is 1.04. The van der Waals surface area contributed by atoms with Crippen LogP contribution in [-0.2, 0) is 17.6 Å². The third-order valence-corrected chi connectivity index (χ3v) is 8.43. The van der Waals surface area contributed by atoms with Crippen LogP contribution in [0.4, 0.5) is 0 Å². The van der Waals surface area contributed by atoms with E-state index in [2.05, 4.69) is 23.0 Å². The highest BCUT2D eigenvalue weighted by Crippen LogP contribution is 2.40. The Morgan fingerprint density at radius 2 is 2.18 bits per heavy atom. The predicted octanol–water partition coefficient (Wildman–Crippen LogP) is 4.59. The molecule has 0 spiro atoms. The average Bonchev–Trinajstić information content (AvgIpc) is 3.09. The van der Waals surface area contributed by atoms with Crippen molar-refractivity contribution >= 4 is 39.2 Å². The van der Waals surface area contributed by atoms with Crippen LogP contribution >= 0.6 is 23.1 Å². The van der Waals surface area contributed by atoms with Gasteiger partial charge in [0.1, 0.15) is 21.7 Å². The second-order valence-corrected chi connectivity index (χ2v) is 10.2. The molecule has 1 fully saturated rings. The van der Waals surface area contributed by atoms with Gasteiger partial charge in [-0.2, -0.15) is 5.26 Å². The zero-order valence-corrected chi connectivity index (χ0v) is 18.2. The number of carbonyl (C=O) groups is 1. The summed E-state index contributed by atoms with van der Waals surface area (Å²) in [6.45, 7) is 2.31. The molecule has 0 saturated heterocycles. The summed E-state index contributed by atoms with van der Waals surface area (Å²) in [6.07, 6.45) is 9.76. The van der Waals surface area contributed by atoms with Crippen LogP contribution in [0.25, 0.3) is 10.2 Å². The van der Waals surface area contributed by atoms with Gasteiger partial charge in [0.15, 0.2) is 0 Å². The fourth-order valence-electron chi connectivity index (χ4n) is 4.48. The van der Waals surface area contributed by atoms with Crippen molar-refractivity contribution in [3.8, 4) is 6.07 Å². The van der Waals surface area contributed by atoms with E-state index in [4.69, 9.17) is 0 Å². The molecule has 2 aliphatic rings. The second kappa shape index (κ2) is 8.00. The van der Waals surface area contributed by atoms with Crippen molar-refractivity contribution in [1.82, 2.24) is 14.9 Å². The summed E-state index contributed by atoms with van der Waals surface area (Å²) < 4.78 is 0. The third kappa shape index (κ3) is 3.53. The van der Waals surface area contributed by atoms with Crippen molar-refractivity contribution in [1.29, 1.82) is 5.26 Å². The van der Waals surface area contributed by atoms with Gasteiger partial charge in [-0.05, 0) is 43.6 Å². The summed E-state index contributed by atoms with van der Waals surface area (Å²) >= 11 is 3.27. The maximum absolute atomic E-state index is 12.9. The first-order chi connectivity index (χ1) is 13.5. The minimum Gasteiger partial charge on any atom is -0.326 e. The van der Waals surface area contributed by atoms with E-state index in [1.807, 2.05) is 0 Å². The van der Waals surface area contributed by atoms with Crippen LogP contribution in [0.3, 0.4) is 0 Å². The number of aromatic nitrogens is 2. The highest BCUT2D eigenvalue weighted by Gasteiger charge is 2.38. The van der Waals surface area contributed by atoms with Crippen LogP contribution in [0, 0.1) is 17.2 Å². The number of hydrogen-bond donors (Lipinski definition) is 0. The molecule has 0 bridgehead atoms. The van der Waals surface area contributed by atoms with Gasteiger partial charge in [0, 0.05) is 17.3 Å². The van der Waals surface area contributed by atoms with Crippen molar-refractivity contribution in [2.45, 2.75) is 68.9 Å². The number of thioether (sulfide) groups is 1. The van der Waals surface area contributed by atoms with Gasteiger partial charge in [-0.1, -0.05) is 37.9 Å². The third-order valence-electron chi connectivity index (χ3n) is 6.29. The van der Waals surface area contributed by atoms with Gasteiger partial charge in [0.2, 0.25) is 5.91 Å². The molecule has 4 rings (SSSR count). The monoisotopic (exact) mass is 414 g/mol. The molecule has 0 aliphatic heterocycles. The number of thiophene rings is 1. The number of rotatable bonds is 4. The molecule has 0 unspecified atom stereocenters. The molecular formula is C21H26N4OS2. The molecule has 1 atom stereocenters. The molecule has 0 aromatic carbocycles. The van der Waals surface area contributed by atoms with Crippen LogP contribution in [0.5, 0.6) is 0 Å². The number of nitrogens with zero attached hydrogens (tertiary/aromatic N) is 4. The van der Waals surface area contributed by atoms with Crippen molar-refractivity contribution in [3.63, 3.8) is 0 Å². The largest absolute Gasteiger partial charge is 0.326 e. The Balaban J connectivity index is 1.53. The lowest BCUT2D eigenvalue weighted by molar-refractivity contribution is -0.131. The number of nitriles is 1. The Kier molecular flexibility index (Phi) is 5.62. The first kappa shape index (κ1) is 19.7. The van der Waals surface area contributed by atoms with E-state index in [9.17, 15) is 10.1 Å². The highest BCUT2D eigenvalue weighted by atomic mass is 32.2. The fraction of sp³-hybridized carbons (Fsp3) is 0.619. The van der Waals surface area contributed by atoms with Crippen LogP contribution in [0.1, 0.15) is 55.9 Å². The smallest absolute Gasteiger partial charge is 0.234 e. The van der Waals surface area contributed by atoms with Crippen LogP contribution in [0.15, 0.2) is 11.4 Å². The topological polar surface area (TPSA) is 69.9 Å². The van der Waals surface area contributed by atoms with Gasteiger partial charge >= 0.3 is 0 Å². The normalized spacial score (nSPS) is 21.1. The SMILES string of the molecule is C[C@H]1CCc2c(sc3ncnc(SCC(=O)N(C)C4(C#N)CCCCC4)c23)C1. The van der Waals surface area contributed by atoms with E-state index in [1.54, 1.807) is 29.6 Å². The first-order valence-corrected chi connectivity index (χ1v) is 11.9. The van der Waals surface area contributed by atoms with Gasteiger partial charge in [0.05, 0.1) is 11.8 Å². The lowest BCUT2D eigenvalue weighted by Crippen LogP contribution is -2.50. The number of amides is 1. The summed E-state index contributed by atoms with van der Waals surface area (Å²) in [5.41, 5.74) is 0.761. The lowest BCUT2D eigenvalue weighted by Gasteiger charge is -2.39. The molecule has 2 aromatic rings. The minimum absolute atomic E-state index is 0.0120. The van der Waals surface area contributed by atoms with Gasteiger partial charge < -0.3 is 4.90 Å². The molecule has 28 heavy (non-hydrogen) atoms. The molecule has 148 valence electrons. The molecule has 7 heteroatoms. The Bertz CT molecular complexity index is 926. The minimum atomic E-state index is -0.630. The molecule has 2 aromatic heterocycles. The van der Waals surface area contributed by atoms with Gasteiger partial charge in [-0.15, -0.1) is 11.3 Å². The Labute approximate surface area is 174 Å². The number of fused-ring (bicyclic) bond motifs is 3. The van der Waals surface area contributed by atoms with Crippen molar-refractivity contribution < 1.29 is 4.79 Å². The van der Waals surface area contributed by atoms with Gasteiger partial charge in [-0.25, -0.2) is 9.97 Å². The summed E-state index contributed by atoms with van der Waals surface area (Å²) in [4.78, 5) is 26.1. The van der Waals surface area contributed by atoms with Gasteiger partial charge in [0.25, 0.3) is 0 Å². The molecule has 0 radical (unpaired) electrons. The fourth-order valence-corrected chi connectivity index (χ4v) is 6.83. The number of carbonyl (C=O) groups excluding carboxylic acids is 1. The van der Waals surface area contributed by atoms with Crippen molar-refractivity contribution in [2.75, 3.05) is 12.8 Å². The Hall–Kier alpha value is -1.65. The standard InChI is InChI=1S/C21H26N4OS2/c1-14-6-7-15-16(10-14)28-20-18(15)19(23-13-24-20)27-11-17(26)25(2)21(12-22)8-4-3-5-9-21/h13-14H,3-11H2,1-2H3/t14-/m0/s1. The number of hydrogen-bond acceptors (Lipinski definition) is 6. The van der Waals surface area contributed by atoms with Crippen molar-refractivity contribution in [2.24, 2.45) is 5.92 Å². The van der Waals surface area contributed by atoms with E-state index in [-0.39, 0.29) is 5.91 Å². The molecule has 5 nitrogen and oxygen atoms in total. The number of aryl methyl sites for hydroxylation is 1. The highest BCUT2D eigenvalue weighted by molar-refractivity contribution is 8.00. The average molecular weight is 415 g/mol. The van der Waals surface area contributed by atoms with Crippen LogP contribution in [0.2, 0.25) is 0 Å². The molecule has 0 N–H and O–H groups in total. The Morgan fingerprint density at radius 1 is 1.39 bits per heavy atom. The molecular weight excluding hydrogens is 388 g/mol. The molecule has 1 saturated carbocycles. The van der Waals surface area contributed by atoms with Crippen LogP contribution < -0.4 is 0 Å². The quantitative estimate of drug-likeness (QED) is 0.540. The first-order valence-electron chi connectivity index (χ1n) is 10.1. The van der Waals surface area contributed by atoms with E-state index in [1.165, 1.54) is 28.6 Å². The van der Waals surface area contributed by atoms with E-state index in [0.717, 1.165) is 66.1 Å². The molecule has 1 amide bonds. The van der Waals surface area contributed by atoms with E-state index < -0.39 is 5.54 Å². The summed E-state index contributed by atoms with van der Waals surface area (Å²) in [5, 5.41) is 11.8. The molecule has 2 heterocycles. The maximum Gasteiger partial charge on any atom is 0.234 e. The second-order valence-electron chi connectivity index (χ2n) is 8.16. The zero-order valence-electron chi connectivity index (χ0n) is 16.5.